The van der Waals surface area contributed by atoms with Crippen molar-refractivity contribution in [3.63, 3.8) is 0 Å². The fraction of sp³-hybridized carbons (Fsp3) is 0.333. The van der Waals surface area contributed by atoms with Crippen molar-refractivity contribution in [1.29, 1.82) is 0 Å². The van der Waals surface area contributed by atoms with Crippen LogP contribution in [0.4, 0.5) is 5.95 Å². The van der Waals surface area contributed by atoms with Crippen molar-refractivity contribution >= 4 is 11.7 Å². The molecule has 0 spiro atoms. The minimum absolute atomic E-state index is 0.144. The second-order valence-electron chi connectivity index (χ2n) is 5.39. The number of rotatable bonds is 2. The smallest absolute Gasteiger partial charge is 0.248 e. The van der Waals surface area contributed by atoms with E-state index in [1.54, 1.807) is 11.8 Å². The van der Waals surface area contributed by atoms with Crippen LogP contribution < -0.4 is 10.1 Å². The minimum atomic E-state index is -0.342. The average Bonchev–Trinajstić information content (AvgIpc) is 3.01. The maximum Gasteiger partial charge on any atom is 0.248 e. The number of nitrogens with zero attached hydrogens (tertiary/aromatic N) is 4. The van der Waals surface area contributed by atoms with Gasteiger partial charge in [0.1, 0.15) is 11.8 Å². The molecule has 1 N–H and O–H groups in total. The zero-order valence-electron chi connectivity index (χ0n) is 12.1. The van der Waals surface area contributed by atoms with Crippen molar-refractivity contribution in [2.45, 2.75) is 25.3 Å². The number of benzene rings is 1. The molecule has 1 unspecified atom stereocenters. The van der Waals surface area contributed by atoms with Gasteiger partial charge in [-0.05, 0) is 29.3 Å². The number of nitrogens with one attached hydrogen (secondary N) is 1. The molecular weight excluding hydrogens is 282 g/mol. The predicted octanol–water partition coefficient (Wildman–Crippen LogP) is 1.70. The summed E-state index contributed by atoms with van der Waals surface area (Å²) in [6.45, 7) is 0. The summed E-state index contributed by atoms with van der Waals surface area (Å²) in [5, 5.41) is 15.0. The molecule has 0 radical (unpaired) electrons. The monoisotopic (exact) mass is 297 g/mol. The molecule has 4 rings (SSSR count). The number of ketones is 1. The van der Waals surface area contributed by atoms with Crippen LogP contribution in [0.15, 0.2) is 35.5 Å². The number of hydrogen-bond acceptors (Lipinski definition) is 6. The number of aromatic nitrogens is 4. The number of Topliss-reactive ketones (excluding diaryl/α,β-unsaturated/α-hetero) is 1. The molecule has 0 bridgehead atoms. The van der Waals surface area contributed by atoms with Crippen molar-refractivity contribution in [3.05, 3.63) is 41.1 Å². The lowest BCUT2D eigenvalue weighted by atomic mass is 9.85. The van der Waals surface area contributed by atoms with Crippen LogP contribution in [0.3, 0.4) is 0 Å². The molecule has 0 fully saturated rings. The second kappa shape index (κ2) is 4.94. The van der Waals surface area contributed by atoms with E-state index in [1.807, 2.05) is 24.3 Å². The molecule has 22 heavy (non-hydrogen) atoms. The highest BCUT2D eigenvalue weighted by Crippen LogP contribution is 2.41. The minimum Gasteiger partial charge on any atom is -0.496 e. The second-order valence-corrected chi connectivity index (χ2v) is 5.39. The van der Waals surface area contributed by atoms with Gasteiger partial charge >= 0.3 is 0 Å². The number of ether oxygens (including phenoxy) is 1. The number of para-hydroxylation sites is 1. The molecule has 7 nitrogen and oxygen atoms in total. The Morgan fingerprint density at radius 3 is 3.05 bits per heavy atom. The first-order chi connectivity index (χ1) is 10.8. The van der Waals surface area contributed by atoms with E-state index in [-0.39, 0.29) is 11.8 Å². The third kappa shape index (κ3) is 1.82. The number of allylic oxidation sites excluding steroid dienone is 2. The molecule has 1 atom stereocenters. The van der Waals surface area contributed by atoms with Gasteiger partial charge in [0.2, 0.25) is 5.95 Å². The van der Waals surface area contributed by atoms with Gasteiger partial charge in [-0.15, -0.1) is 0 Å². The molecular formula is C15H15N5O2. The molecule has 7 heteroatoms. The fourth-order valence-electron chi connectivity index (χ4n) is 3.20. The molecule has 0 saturated carbocycles. The molecule has 0 saturated heterocycles. The van der Waals surface area contributed by atoms with E-state index < -0.39 is 0 Å². The highest BCUT2D eigenvalue weighted by Gasteiger charge is 2.37. The molecule has 0 amide bonds. The van der Waals surface area contributed by atoms with Crippen molar-refractivity contribution in [2.24, 2.45) is 0 Å². The Hall–Kier alpha value is -2.70. The summed E-state index contributed by atoms with van der Waals surface area (Å²) in [5.41, 5.74) is 2.56. The van der Waals surface area contributed by atoms with Gasteiger partial charge in [-0.3, -0.25) is 4.79 Å². The number of hydrogen-bond donors (Lipinski definition) is 1. The summed E-state index contributed by atoms with van der Waals surface area (Å²) in [6.07, 6.45) is 2.24. The summed E-state index contributed by atoms with van der Waals surface area (Å²) in [4.78, 5) is 12.5. The van der Waals surface area contributed by atoms with Gasteiger partial charge in [0.15, 0.2) is 5.78 Å². The van der Waals surface area contributed by atoms with E-state index in [0.29, 0.717) is 12.4 Å². The molecule has 1 aromatic carbocycles. The Morgan fingerprint density at radius 1 is 1.32 bits per heavy atom. The van der Waals surface area contributed by atoms with Crippen LogP contribution in [-0.4, -0.2) is 33.1 Å². The summed E-state index contributed by atoms with van der Waals surface area (Å²) in [7, 11) is 1.62. The average molecular weight is 297 g/mol. The molecule has 2 aromatic rings. The van der Waals surface area contributed by atoms with Crippen LogP contribution in [0.25, 0.3) is 0 Å². The van der Waals surface area contributed by atoms with Crippen molar-refractivity contribution in [2.75, 3.05) is 12.4 Å². The first-order valence-corrected chi connectivity index (χ1v) is 7.23. The van der Waals surface area contributed by atoms with Crippen LogP contribution in [0, 0.1) is 0 Å². The quantitative estimate of drug-likeness (QED) is 0.908. The van der Waals surface area contributed by atoms with Crippen molar-refractivity contribution < 1.29 is 9.53 Å². The highest BCUT2D eigenvalue weighted by atomic mass is 16.5. The number of fused-ring (bicyclic) bond motifs is 1. The molecule has 1 aliphatic carbocycles. The van der Waals surface area contributed by atoms with E-state index in [1.165, 1.54) is 0 Å². The molecule has 2 heterocycles. The van der Waals surface area contributed by atoms with Crippen LogP contribution >= 0.6 is 0 Å². The van der Waals surface area contributed by atoms with Crippen LogP contribution in [0.2, 0.25) is 0 Å². The van der Waals surface area contributed by atoms with Gasteiger partial charge < -0.3 is 10.1 Å². The summed E-state index contributed by atoms with van der Waals surface area (Å²) < 4.78 is 7.12. The van der Waals surface area contributed by atoms with Gasteiger partial charge in [-0.25, -0.2) is 0 Å². The standard InChI is InChI=1S/C15H15N5O2/c1-22-12-8-3-2-5-9(12)14-13-10(6-4-7-11(13)21)16-15-17-18-19-20(14)15/h2-3,5,8,14H,4,6-7H2,1H3,(H,16,17,19). The number of carbonyl (C=O) groups is 1. The third-order valence-corrected chi connectivity index (χ3v) is 4.16. The van der Waals surface area contributed by atoms with Gasteiger partial charge in [0, 0.05) is 23.3 Å². The van der Waals surface area contributed by atoms with E-state index in [9.17, 15) is 4.79 Å². The largest absolute Gasteiger partial charge is 0.496 e. The number of anilines is 1. The van der Waals surface area contributed by atoms with Crippen LogP contribution in [0.5, 0.6) is 5.75 Å². The molecule has 2 aliphatic rings. The SMILES string of the molecule is COc1ccccc1C1C2=C(CCCC2=O)Nc2nnnn21. The predicted molar refractivity (Wildman–Crippen MR) is 78.5 cm³/mol. The van der Waals surface area contributed by atoms with E-state index in [0.717, 1.165) is 35.4 Å². The number of carbonyl (C=O) groups excluding carboxylic acids is 1. The van der Waals surface area contributed by atoms with E-state index in [2.05, 4.69) is 20.8 Å². The first kappa shape index (κ1) is 13.0. The lowest BCUT2D eigenvalue weighted by Gasteiger charge is -2.32. The molecule has 112 valence electrons. The van der Waals surface area contributed by atoms with Gasteiger partial charge in [0.05, 0.1) is 7.11 Å². The van der Waals surface area contributed by atoms with E-state index >= 15 is 0 Å². The van der Waals surface area contributed by atoms with Crippen LogP contribution in [-0.2, 0) is 4.79 Å². The first-order valence-electron chi connectivity index (χ1n) is 7.23. The van der Waals surface area contributed by atoms with E-state index in [4.69, 9.17) is 4.74 Å². The maximum absolute atomic E-state index is 12.5. The Morgan fingerprint density at radius 2 is 2.18 bits per heavy atom. The highest BCUT2D eigenvalue weighted by molar-refractivity contribution is 5.99. The Bertz CT molecular complexity index is 780. The lowest BCUT2D eigenvalue weighted by molar-refractivity contribution is -0.116. The Labute approximate surface area is 127 Å². The number of methoxy groups -OCH3 is 1. The molecule has 1 aliphatic heterocycles. The zero-order valence-corrected chi connectivity index (χ0v) is 12.1. The summed E-state index contributed by atoms with van der Waals surface area (Å²) in [6, 6.07) is 7.33. The van der Waals surface area contributed by atoms with Crippen molar-refractivity contribution in [1.82, 2.24) is 20.2 Å². The summed E-state index contributed by atoms with van der Waals surface area (Å²) in [5.74, 6) is 1.43. The summed E-state index contributed by atoms with van der Waals surface area (Å²) >= 11 is 0. The zero-order chi connectivity index (χ0) is 15.1. The van der Waals surface area contributed by atoms with Crippen molar-refractivity contribution in [3.8, 4) is 5.75 Å². The molecule has 1 aromatic heterocycles. The van der Waals surface area contributed by atoms with Gasteiger partial charge in [-0.2, -0.15) is 4.68 Å². The van der Waals surface area contributed by atoms with Crippen LogP contribution in [0.1, 0.15) is 30.9 Å². The van der Waals surface area contributed by atoms with Gasteiger partial charge in [-0.1, -0.05) is 23.3 Å². The van der Waals surface area contributed by atoms with Gasteiger partial charge in [0.25, 0.3) is 0 Å². The Balaban J connectivity index is 1.95. The third-order valence-electron chi connectivity index (χ3n) is 4.16. The number of tetrazole rings is 1. The Kier molecular flexibility index (Phi) is 2.92. The topological polar surface area (TPSA) is 81.9 Å². The normalized spacial score (nSPS) is 20.2. The maximum atomic E-state index is 12.5. The lowest BCUT2D eigenvalue weighted by Crippen LogP contribution is -2.31. The fourth-order valence-corrected chi connectivity index (χ4v) is 3.20.